The summed E-state index contributed by atoms with van der Waals surface area (Å²) in [7, 11) is 5.12. The van der Waals surface area contributed by atoms with Crippen molar-refractivity contribution < 1.29 is 23.6 Å². The number of rotatable bonds is 11. The van der Waals surface area contributed by atoms with Crippen molar-refractivity contribution in [2.45, 2.75) is 79.1 Å². The Kier molecular flexibility index (Phi) is 8.82. The van der Waals surface area contributed by atoms with Gasteiger partial charge in [-0.15, -0.1) is 0 Å². The molecule has 0 unspecified atom stereocenters. The van der Waals surface area contributed by atoms with Crippen LogP contribution in [0.1, 0.15) is 79.4 Å². The van der Waals surface area contributed by atoms with E-state index in [1.54, 1.807) is 21.3 Å². The Bertz CT molecular complexity index is 1630. The molecule has 2 aliphatic heterocycles. The lowest BCUT2D eigenvalue weighted by molar-refractivity contribution is -0.439. The Labute approximate surface area is 270 Å². The van der Waals surface area contributed by atoms with Gasteiger partial charge in [0.05, 0.1) is 43.5 Å². The Hall–Kier alpha value is -3.80. The van der Waals surface area contributed by atoms with E-state index in [0.29, 0.717) is 28.7 Å². The van der Waals surface area contributed by atoms with Gasteiger partial charge in [0.15, 0.2) is 5.71 Å². The number of allylic oxidation sites excluding steroid dienone is 5. The second kappa shape index (κ2) is 12.2. The zero-order valence-corrected chi connectivity index (χ0v) is 29.1. The van der Waals surface area contributed by atoms with E-state index >= 15 is 0 Å². The van der Waals surface area contributed by atoms with Crippen LogP contribution in [0, 0.1) is 11.8 Å². The maximum absolute atomic E-state index is 14.1. The molecule has 6 nitrogen and oxygen atoms in total. The molecule has 0 amide bonds. The van der Waals surface area contributed by atoms with Crippen molar-refractivity contribution in [3.05, 3.63) is 82.3 Å². The molecular weight excluding hydrogens is 560 g/mol. The standard InChI is InChI=1S/C39H51N2O4/c1-24(2)18-20-40-28-14-12-16-30(43-9)34(28)38(5,6)32(40)22-26-36(42)27(37(26)45-11)23-33-39(7,8)35-29(15-13-17-31(35)44-10)41(33)21-19-25(3)4/h12-17,22-25H,18-21H2,1-11H3/q+1. The zero-order chi connectivity index (χ0) is 32.8. The molecule has 45 heavy (non-hydrogen) atoms. The third-order valence-electron chi connectivity index (χ3n) is 9.75. The summed E-state index contributed by atoms with van der Waals surface area (Å²) in [4.78, 5) is 16.5. The van der Waals surface area contributed by atoms with Crippen LogP contribution in [0.3, 0.4) is 0 Å². The van der Waals surface area contributed by atoms with Gasteiger partial charge in [-0.2, -0.15) is 4.58 Å². The fourth-order valence-corrected chi connectivity index (χ4v) is 7.24. The Morgan fingerprint density at radius 2 is 1.42 bits per heavy atom. The summed E-state index contributed by atoms with van der Waals surface area (Å²) in [5.74, 6) is 3.49. The van der Waals surface area contributed by atoms with E-state index in [0.717, 1.165) is 71.3 Å². The summed E-state index contributed by atoms with van der Waals surface area (Å²) >= 11 is 0. The molecule has 0 bridgehead atoms. The summed E-state index contributed by atoms with van der Waals surface area (Å²) in [5, 5.41) is 0. The molecule has 2 heterocycles. The number of carbonyl (C=O) groups excluding carboxylic acids is 1. The topological polar surface area (TPSA) is 51.0 Å². The molecule has 1 aliphatic carbocycles. The quantitative estimate of drug-likeness (QED) is 0.189. The van der Waals surface area contributed by atoms with Crippen LogP contribution in [0.5, 0.6) is 11.5 Å². The number of carbonyl (C=O) groups is 1. The molecule has 3 aliphatic rings. The highest BCUT2D eigenvalue weighted by atomic mass is 16.5. The molecule has 0 saturated carbocycles. The molecular formula is C39H51N2O4+. The molecule has 2 aromatic rings. The second-order valence-corrected chi connectivity index (χ2v) is 14.4. The van der Waals surface area contributed by atoms with Crippen LogP contribution >= 0.6 is 0 Å². The number of benzene rings is 2. The van der Waals surface area contributed by atoms with Crippen LogP contribution in [-0.2, 0) is 20.4 Å². The first-order chi connectivity index (χ1) is 21.3. The summed E-state index contributed by atoms with van der Waals surface area (Å²) in [5.41, 5.74) is 7.28. The van der Waals surface area contributed by atoms with Gasteiger partial charge >= 0.3 is 0 Å². The van der Waals surface area contributed by atoms with Gasteiger partial charge in [0, 0.05) is 47.5 Å². The lowest BCUT2D eigenvalue weighted by Crippen LogP contribution is -2.33. The molecule has 5 rings (SSSR count). The number of methoxy groups -OCH3 is 3. The third-order valence-corrected chi connectivity index (χ3v) is 9.75. The SMILES string of the molecule is COC1=C(/C=C2\N(CCC(C)C)c3cccc(OC)c3C2(C)C)C(=O)/C1=C/C1=[N+](CCC(C)C)c2cccc(OC)c2C1(C)C. The number of nitrogens with zero attached hydrogens (tertiary/aromatic N) is 2. The lowest BCUT2D eigenvalue weighted by atomic mass is 9.77. The van der Waals surface area contributed by atoms with Crippen molar-refractivity contribution in [3.63, 3.8) is 0 Å². The van der Waals surface area contributed by atoms with E-state index in [-0.39, 0.29) is 16.6 Å². The van der Waals surface area contributed by atoms with Gasteiger partial charge < -0.3 is 19.1 Å². The van der Waals surface area contributed by atoms with Gasteiger partial charge in [-0.05, 0) is 56.4 Å². The van der Waals surface area contributed by atoms with Gasteiger partial charge in [-0.3, -0.25) is 4.79 Å². The molecule has 0 fully saturated rings. The van der Waals surface area contributed by atoms with Crippen LogP contribution in [0.4, 0.5) is 11.4 Å². The number of hydrogen-bond donors (Lipinski definition) is 0. The highest BCUT2D eigenvalue weighted by molar-refractivity contribution is 6.24. The first kappa shape index (κ1) is 32.6. The summed E-state index contributed by atoms with van der Waals surface area (Å²) < 4.78 is 20.0. The number of anilines is 1. The number of ketones is 1. The van der Waals surface area contributed by atoms with E-state index in [2.05, 4.69) is 89.2 Å². The summed E-state index contributed by atoms with van der Waals surface area (Å²) in [6.45, 7) is 19.6. The third kappa shape index (κ3) is 5.40. The monoisotopic (exact) mass is 611 g/mol. The predicted molar refractivity (Wildman–Crippen MR) is 183 cm³/mol. The van der Waals surface area contributed by atoms with Crippen molar-refractivity contribution in [1.82, 2.24) is 0 Å². The average molecular weight is 612 g/mol. The lowest BCUT2D eigenvalue weighted by Gasteiger charge is -2.30. The van der Waals surface area contributed by atoms with Crippen molar-refractivity contribution in [2.24, 2.45) is 11.8 Å². The van der Waals surface area contributed by atoms with Crippen LogP contribution in [0.25, 0.3) is 0 Å². The van der Waals surface area contributed by atoms with E-state index in [1.807, 2.05) is 24.3 Å². The molecule has 0 atom stereocenters. The van der Waals surface area contributed by atoms with Crippen LogP contribution in [0.2, 0.25) is 0 Å². The van der Waals surface area contributed by atoms with E-state index in [1.165, 1.54) is 0 Å². The normalized spacial score (nSPS) is 20.0. The van der Waals surface area contributed by atoms with Crippen molar-refractivity contribution in [3.8, 4) is 11.5 Å². The van der Waals surface area contributed by atoms with Gasteiger partial charge in [-0.1, -0.05) is 53.7 Å². The zero-order valence-electron chi connectivity index (χ0n) is 29.1. The minimum absolute atomic E-state index is 0.0110. The summed E-state index contributed by atoms with van der Waals surface area (Å²) in [6.07, 6.45) is 6.19. The van der Waals surface area contributed by atoms with Crippen molar-refractivity contribution in [1.29, 1.82) is 0 Å². The maximum atomic E-state index is 14.1. The van der Waals surface area contributed by atoms with Crippen molar-refractivity contribution >= 4 is 22.9 Å². The van der Waals surface area contributed by atoms with E-state index in [4.69, 9.17) is 14.2 Å². The number of ether oxygens (including phenoxy) is 3. The first-order valence-corrected chi connectivity index (χ1v) is 16.3. The van der Waals surface area contributed by atoms with Crippen LogP contribution in [-0.4, -0.2) is 50.5 Å². The molecule has 6 heteroatoms. The number of hydrogen-bond acceptors (Lipinski definition) is 5. The minimum atomic E-state index is -0.363. The molecule has 0 saturated heterocycles. The molecule has 0 spiro atoms. The molecule has 0 aromatic heterocycles. The van der Waals surface area contributed by atoms with Crippen molar-refractivity contribution in [2.75, 3.05) is 39.3 Å². The molecule has 2 aromatic carbocycles. The number of fused-ring (bicyclic) bond motifs is 2. The summed E-state index contributed by atoms with van der Waals surface area (Å²) in [6, 6.07) is 12.5. The van der Waals surface area contributed by atoms with E-state index in [9.17, 15) is 4.79 Å². The molecule has 240 valence electrons. The second-order valence-electron chi connectivity index (χ2n) is 14.4. The van der Waals surface area contributed by atoms with Gasteiger partial charge in [0.25, 0.3) is 0 Å². The number of Topliss-reactive ketones (excluding diaryl/α,β-unsaturated/α-hetero) is 1. The maximum Gasteiger partial charge on any atom is 0.213 e. The Balaban J connectivity index is 1.64. The van der Waals surface area contributed by atoms with E-state index < -0.39 is 0 Å². The van der Waals surface area contributed by atoms with Gasteiger partial charge in [0.1, 0.15) is 23.8 Å². The largest absolute Gasteiger partial charge is 0.496 e. The van der Waals surface area contributed by atoms with Crippen LogP contribution in [0.15, 0.2) is 71.2 Å². The van der Waals surface area contributed by atoms with Gasteiger partial charge in [-0.25, -0.2) is 0 Å². The first-order valence-electron chi connectivity index (χ1n) is 16.3. The van der Waals surface area contributed by atoms with Gasteiger partial charge in [0.2, 0.25) is 11.5 Å². The highest BCUT2D eigenvalue weighted by Crippen LogP contribution is 2.53. The Morgan fingerprint density at radius 1 is 0.800 bits per heavy atom. The Morgan fingerprint density at radius 3 is 2.02 bits per heavy atom. The minimum Gasteiger partial charge on any atom is -0.496 e. The fourth-order valence-electron chi connectivity index (χ4n) is 7.24. The fraction of sp³-hybridized carbons (Fsp3) is 0.487. The smallest absolute Gasteiger partial charge is 0.213 e. The molecule has 0 N–H and O–H groups in total. The highest BCUT2D eigenvalue weighted by Gasteiger charge is 2.49. The molecule has 0 radical (unpaired) electrons. The predicted octanol–water partition coefficient (Wildman–Crippen LogP) is 8.26. The van der Waals surface area contributed by atoms with Crippen LogP contribution < -0.4 is 14.4 Å². The average Bonchev–Trinajstić information content (AvgIpc) is 3.35.